The number of hydrogen-bond donors (Lipinski definition) is 0. The van der Waals surface area contributed by atoms with Crippen LogP contribution in [0, 0.1) is 0 Å². The van der Waals surface area contributed by atoms with E-state index in [0.29, 0.717) is 16.7 Å². The molecule has 1 atom stereocenters. The molecule has 0 amide bonds. The number of rotatable bonds is 4. The molecule has 1 aliphatic rings. The number of Topliss-reactive ketones (excluding diaryl/α,β-unsaturated/α-hetero) is 1. The number of ether oxygens (including phenoxy) is 2. The molecule has 3 aromatic rings. The number of benzene rings is 2. The first-order chi connectivity index (χ1) is 13.2. The number of hydrogen-bond acceptors (Lipinski definition) is 5. The van der Waals surface area contributed by atoms with Crippen molar-refractivity contribution in [3.63, 3.8) is 0 Å². The van der Waals surface area contributed by atoms with E-state index in [1.807, 2.05) is 18.2 Å². The van der Waals surface area contributed by atoms with E-state index >= 15 is 0 Å². The molecule has 4 rings (SSSR count). The highest BCUT2D eigenvalue weighted by molar-refractivity contribution is 6.28. The van der Waals surface area contributed by atoms with E-state index < -0.39 is 18.0 Å². The molecule has 132 valence electrons. The Morgan fingerprint density at radius 3 is 2.22 bits per heavy atom. The minimum Gasteiger partial charge on any atom is -0.449 e. The molecule has 0 fully saturated rings. The van der Waals surface area contributed by atoms with Crippen molar-refractivity contribution in [1.82, 2.24) is 4.98 Å². The molecule has 0 unspecified atom stereocenters. The van der Waals surface area contributed by atoms with Gasteiger partial charge in [-0.2, -0.15) is 0 Å². The van der Waals surface area contributed by atoms with E-state index in [9.17, 15) is 9.59 Å². The molecule has 1 aliphatic heterocycles. The van der Waals surface area contributed by atoms with Crippen LogP contribution < -0.4 is 0 Å². The van der Waals surface area contributed by atoms with Gasteiger partial charge in [-0.1, -0.05) is 60.7 Å². The van der Waals surface area contributed by atoms with Crippen molar-refractivity contribution in [2.75, 3.05) is 0 Å². The van der Waals surface area contributed by atoms with Crippen molar-refractivity contribution in [3.05, 3.63) is 107 Å². The number of carbonyl (C=O) groups is 2. The van der Waals surface area contributed by atoms with Gasteiger partial charge in [-0.3, -0.25) is 9.78 Å². The molecule has 0 saturated carbocycles. The number of carbonyl (C=O) groups excluding carboxylic acids is 2. The highest BCUT2D eigenvalue weighted by atomic mass is 16.7. The maximum atomic E-state index is 13.0. The minimum absolute atomic E-state index is 0.118. The molecule has 5 nitrogen and oxygen atoms in total. The Bertz CT molecular complexity index is 998. The Morgan fingerprint density at radius 2 is 1.56 bits per heavy atom. The third-order valence-corrected chi connectivity index (χ3v) is 4.13. The van der Waals surface area contributed by atoms with Gasteiger partial charge in [0.25, 0.3) is 6.29 Å². The molecule has 1 aromatic heterocycles. The van der Waals surface area contributed by atoms with Crippen LogP contribution in [0.4, 0.5) is 0 Å². The van der Waals surface area contributed by atoms with Crippen molar-refractivity contribution >= 4 is 17.5 Å². The van der Waals surface area contributed by atoms with Gasteiger partial charge in [-0.15, -0.1) is 0 Å². The van der Waals surface area contributed by atoms with Gasteiger partial charge in [0, 0.05) is 23.5 Å². The number of cyclic esters (lactones) is 1. The van der Waals surface area contributed by atoms with Crippen LogP contribution in [0.5, 0.6) is 0 Å². The lowest BCUT2D eigenvalue weighted by Crippen LogP contribution is -2.27. The predicted molar refractivity (Wildman–Crippen MR) is 98.3 cm³/mol. The van der Waals surface area contributed by atoms with Gasteiger partial charge in [-0.25, -0.2) is 4.79 Å². The average molecular weight is 357 g/mol. The summed E-state index contributed by atoms with van der Waals surface area (Å²) in [5.41, 5.74) is 1.49. The zero-order valence-corrected chi connectivity index (χ0v) is 14.2. The summed E-state index contributed by atoms with van der Waals surface area (Å²) in [7, 11) is 0. The molecule has 0 spiro atoms. The molecule has 2 heterocycles. The lowest BCUT2D eigenvalue weighted by Gasteiger charge is -2.27. The quantitative estimate of drug-likeness (QED) is 0.402. The summed E-state index contributed by atoms with van der Waals surface area (Å²) < 4.78 is 11.4. The SMILES string of the molecule is O=C1O[C@@H](c2cccnc2)OC(c2ccccc2)=C1C(=O)c1ccccc1. The Kier molecular flexibility index (Phi) is 4.49. The van der Waals surface area contributed by atoms with Crippen molar-refractivity contribution in [1.29, 1.82) is 0 Å². The molecule has 0 radical (unpaired) electrons. The first-order valence-corrected chi connectivity index (χ1v) is 8.41. The van der Waals surface area contributed by atoms with Crippen LogP contribution in [0.25, 0.3) is 5.76 Å². The molecule has 0 aliphatic carbocycles. The second kappa shape index (κ2) is 7.25. The van der Waals surface area contributed by atoms with E-state index in [-0.39, 0.29) is 11.3 Å². The van der Waals surface area contributed by atoms with Gasteiger partial charge in [0.15, 0.2) is 5.57 Å². The second-order valence-electron chi connectivity index (χ2n) is 5.91. The van der Waals surface area contributed by atoms with E-state index in [2.05, 4.69) is 4.98 Å². The third-order valence-electron chi connectivity index (χ3n) is 4.13. The van der Waals surface area contributed by atoms with E-state index in [1.165, 1.54) is 0 Å². The number of pyridine rings is 1. The Hall–Kier alpha value is -3.73. The second-order valence-corrected chi connectivity index (χ2v) is 5.91. The summed E-state index contributed by atoms with van der Waals surface area (Å²) in [6, 6.07) is 21.1. The summed E-state index contributed by atoms with van der Waals surface area (Å²) >= 11 is 0. The normalized spacial score (nSPS) is 16.4. The summed E-state index contributed by atoms with van der Waals surface area (Å²) in [6.07, 6.45) is 2.21. The lowest BCUT2D eigenvalue weighted by molar-refractivity contribution is -0.168. The van der Waals surface area contributed by atoms with Gasteiger partial charge < -0.3 is 9.47 Å². The van der Waals surface area contributed by atoms with Crippen molar-refractivity contribution < 1.29 is 19.1 Å². The van der Waals surface area contributed by atoms with Crippen molar-refractivity contribution in [3.8, 4) is 0 Å². The smallest absolute Gasteiger partial charge is 0.349 e. The zero-order chi connectivity index (χ0) is 18.6. The average Bonchev–Trinajstić information content (AvgIpc) is 2.74. The van der Waals surface area contributed by atoms with Crippen LogP contribution in [0.2, 0.25) is 0 Å². The van der Waals surface area contributed by atoms with Crippen molar-refractivity contribution in [2.24, 2.45) is 0 Å². The molecule has 5 heteroatoms. The molecule has 0 N–H and O–H groups in total. The van der Waals surface area contributed by atoms with Crippen LogP contribution >= 0.6 is 0 Å². The van der Waals surface area contributed by atoms with Crippen LogP contribution in [-0.4, -0.2) is 16.7 Å². The first kappa shape index (κ1) is 16.7. The molecule has 0 bridgehead atoms. The van der Waals surface area contributed by atoms with Crippen LogP contribution in [0.15, 0.2) is 90.8 Å². The Labute approximate surface area is 155 Å². The van der Waals surface area contributed by atoms with E-state index in [0.717, 1.165) is 0 Å². The fraction of sp³-hybridized carbons (Fsp3) is 0.0455. The first-order valence-electron chi connectivity index (χ1n) is 8.41. The van der Waals surface area contributed by atoms with E-state index in [4.69, 9.17) is 9.47 Å². The fourth-order valence-electron chi connectivity index (χ4n) is 2.82. The summed E-state index contributed by atoms with van der Waals surface area (Å²) in [5.74, 6) is -0.957. The molecule has 2 aromatic carbocycles. The molecule has 0 saturated heterocycles. The topological polar surface area (TPSA) is 65.5 Å². The standard InChI is InChI=1S/C22H15NO4/c24-19(15-8-3-1-4-9-15)18-20(16-10-5-2-6-11-16)26-22(27-21(18)25)17-12-7-13-23-14-17/h1-14,22H/t22-/m0/s1. The highest BCUT2D eigenvalue weighted by Gasteiger charge is 2.36. The van der Waals surface area contributed by atoms with E-state index in [1.54, 1.807) is 67.0 Å². The van der Waals surface area contributed by atoms with Gasteiger partial charge in [0.2, 0.25) is 5.78 Å². The number of aromatic nitrogens is 1. The Morgan fingerprint density at radius 1 is 0.852 bits per heavy atom. The maximum absolute atomic E-state index is 13.0. The van der Waals surface area contributed by atoms with Crippen LogP contribution in [0.1, 0.15) is 27.8 Å². The maximum Gasteiger partial charge on any atom is 0.349 e. The van der Waals surface area contributed by atoms with Crippen LogP contribution in [-0.2, 0) is 14.3 Å². The van der Waals surface area contributed by atoms with Gasteiger partial charge >= 0.3 is 5.97 Å². The third kappa shape index (κ3) is 3.35. The minimum atomic E-state index is -0.964. The Balaban J connectivity index is 1.82. The molecular weight excluding hydrogens is 342 g/mol. The molecular formula is C22H15NO4. The summed E-state index contributed by atoms with van der Waals surface area (Å²) in [5, 5.41) is 0. The number of ketones is 1. The molecule has 27 heavy (non-hydrogen) atoms. The largest absolute Gasteiger partial charge is 0.449 e. The monoisotopic (exact) mass is 357 g/mol. The summed E-state index contributed by atoms with van der Waals surface area (Å²) in [6.45, 7) is 0. The van der Waals surface area contributed by atoms with Crippen LogP contribution in [0.3, 0.4) is 0 Å². The van der Waals surface area contributed by atoms with Crippen molar-refractivity contribution in [2.45, 2.75) is 6.29 Å². The lowest BCUT2D eigenvalue weighted by atomic mass is 9.98. The zero-order valence-electron chi connectivity index (χ0n) is 14.2. The fourth-order valence-corrected chi connectivity index (χ4v) is 2.82. The van der Waals surface area contributed by atoms with Gasteiger partial charge in [-0.05, 0) is 12.1 Å². The van der Waals surface area contributed by atoms with Gasteiger partial charge in [0.05, 0.1) is 5.56 Å². The highest BCUT2D eigenvalue weighted by Crippen LogP contribution is 2.35. The predicted octanol–water partition coefficient (Wildman–Crippen LogP) is 3.95. The summed E-state index contributed by atoms with van der Waals surface area (Å²) in [4.78, 5) is 29.8. The van der Waals surface area contributed by atoms with Gasteiger partial charge in [0.1, 0.15) is 5.76 Å². The number of nitrogens with zero attached hydrogens (tertiary/aromatic N) is 1. The number of esters is 1.